The second kappa shape index (κ2) is 7.63. The minimum Gasteiger partial charge on any atom is -0.342 e. The van der Waals surface area contributed by atoms with Crippen molar-refractivity contribution in [2.45, 2.75) is 58.5 Å². The van der Waals surface area contributed by atoms with E-state index in [0.717, 1.165) is 46.4 Å². The summed E-state index contributed by atoms with van der Waals surface area (Å²) < 4.78 is 2.06. The number of carbonyl (C=O) groups excluding carboxylic acids is 1. The Morgan fingerprint density at radius 3 is 2.82 bits per heavy atom. The summed E-state index contributed by atoms with van der Waals surface area (Å²) >= 11 is 3.19. The standard InChI is InChI=1S/C20H27N5OS2/c1-11(2)17-21-19-16(13(4)14(5)28-19)18-22-23-20(25(17)18)27-10-15(26)24-8-6-7-12(3)9-24/h11-12H,6-10H2,1-5H3. The zero-order chi connectivity index (χ0) is 20.0. The zero-order valence-corrected chi connectivity index (χ0v) is 18.8. The predicted molar refractivity (Wildman–Crippen MR) is 115 cm³/mol. The molecule has 0 bridgehead atoms. The third-order valence-electron chi connectivity index (χ3n) is 5.52. The first-order chi connectivity index (χ1) is 13.4. The molecule has 4 heterocycles. The topological polar surface area (TPSA) is 63.4 Å². The smallest absolute Gasteiger partial charge is 0.233 e. The molecular formula is C20H27N5OS2. The molecule has 28 heavy (non-hydrogen) atoms. The number of aryl methyl sites for hydroxylation is 2. The lowest BCUT2D eigenvalue weighted by Crippen LogP contribution is -2.40. The van der Waals surface area contributed by atoms with Gasteiger partial charge in [0.25, 0.3) is 0 Å². The fraction of sp³-hybridized carbons (Fsp3) is 0.600. The summed E-state index contributed by atoms with van der Waals surface area (Å²) in [6.45, 7) is 12.5. The molecule has 0 saturated carbocycles. The van der Waals surface area contributed by atoms with Crippen LogP contribution in [0, 0.1) is 19.8 Å². The van der Waals surface area contributed by atoms with Gasteiger partial charge in [0.2, 0.25) is 5.91 Å². The Labute approximate surface area is 173 Å². The van der Waals surface area contributed by atoms with Crippen molar-refractivity contribution in [3.8, 4) is 0 Å². The van der Waals surface area contributed by atoms with Crippen molar-refractivity contribution in [1.82, 2.24) is 24.5 Å². The maximum atomic E-state index is 12.7. The molecule has 1 atom stereocenters. The van der Waals surface area contributed by atoms with E-state index in [9.17, 15) is 4.79 Å². The fourth-order valence-corrected chi connectivity index (χ4v) is 5.73. The van der Waals surface area contributed by atoms with Gasteiger partial charge in [-0.15, -0.1) is 21.5 Å². The number of rotatable bonds is 4. The van der Waals surface area contributed by atoms with Crippen LogP contribution >= 0.6 is 23.1 Å². The SMILES string of the molecule is Cc1sc2nc(C(C)C)n3c(SCC(=O)N4CCCC(C)C4)nnc3c2c1C. The van der Waals surface area contributed by atoms with Crippen molar-refractivity contribution >= 4 is 44.9 Å². The Hall–Kier alpha value is -1.67. The van der Waals surface area contributed by atoms with E-state index in [1.165, 1.54) is 28.6 Å². The normalized spacial score (nSPS) is 17.9. The molecule has 3 aromatic rings. The van der Waals surface area contributed by atoms with Crippen molar-refractivity contribution in [2.24, 2.45) is 5.92 Å². The summed E-state index contributed by atoms with van der Waals surface area (Å²) in [5.74, 6) is 2.37. The maximum absolute atomic E-state index is 12.7. The molecule has 1 saturated heterocycles. The highest BCUT2D eigenvalue weighted by molar-refractivity contribution is 7.99. The quantitative estimate of drug-likeness (QED) is 0.588. The third-order valence-corrected chi connectivity index (χ3v) is 7.53. The maximum Gasteiger partial charge on any atom is 0.233 e. The van der Waals surface area contributed by atoms with E-state index in [-0.39, 0.29) is 11.8 Å². The number of hydrogen-bond donors (Lipinski definition) is 0. The van der Waals surface area contributed by atoms with Crippen LogP contribution in [0.1, 0.15) is 55.8 Å². The Bertz CT molecular complexity index is 1040. The minimum absolute atomic E-state index is 0.191. The van der Waals surface area contributed by atoms with Crippen molar-refractivity contribution < 1.29 is 4.79 Å². The average molecular weight is 418 g/mol. The number of thioether (sulfide) groups is 1. The molecule has 0 aromatic carbocycles. The van der Waals surface area contributed by atoms with Crippen molar-refractivity contribution in [3.63, 3.8) is 0 Å². The van der Waals surface area contributed by atoms with Gasteiger partial charge in [0, 0.05) is 23.9 Å². The molecule has 1 fully saturated rings. The molecule has 150 valence electrons. The molecule has 4 rings (SSSR count). The number of likely N-dealkylation sites (tertiary alicyclic amines) is 1. The van der Waals surface area contributed by atoms with Crippen LogP contribution in [-0.2, 0) is 4.79 Å². The molecule has 0 spiro atoms. The number of fused-ring (bicyclic) bond motifs is 3. The Balaban J connectivity index is 1.68. The van der Waals surface area contributed by atoms with Crippen molar-refractivity contribution in [2.75, 3.05) is 18.8 Å². The molecule has 0 aliphatic carbocycles. The van der Waals surface area contributed by atoms with Crippen molar-refractivity contribution in [1.29, 1.82) is 0 Å². The van der Waals surface area contributed by atoms with E-state index < -0.39 is 0 Å². The van der Waals surface area contributed by atoms with Crippen LogP contribution in [0.5, 0.6) is 0 Å². The van der Waals surface area contributed by atoms with E-state index in [1.807, 2.05) is 4.90 Å². The highest BCUT2D eigenvalue weighted by Gasteiger charge is 2.24. The number of carbonyl (C=O) groups is 1. The van der Waals surface area contributed by atoms with E-state index in [4.69, 9.17) is 4.98 Å². The lowest BCUT2D eigenvalue weighted by Gasteiger charge is -2.30. The molecule has 3 aromatic heterocycles. The van der Waals surface area contributed by atoms with Gasteiger partial charge in [0.1, 0.15) is 10.7 Å². The summed E-state index contributed by atoms with van der Waals surface area (Å²) in [5, 5.41) is 10.8. The third kappa shape index (κ3) is 3.41. The number of amides is 1. The molecule has 1 amide bonds. The molecule has 1 aliphatic heterocycles. The lowest BCUT2D eigenvalue weighted by atomic mass is 10.0. The predicted octanol–water partition coefficient (Wildman–Crippen LogP) is 4.43. The van der Waals surface area contributed by atoms with Gasteiger partial charge in [0.15, 0.2) is 10.8 Å². The molecule has 1 unspecified atom stereocenters. The van der Waals surface area contributed by atoms with Crippen LogP contribution in [0.25, 0.3) is 15.9 Å². The van der Waals surface area contributed by atoms with Gasteiger partial charge in [-0.25, -0.2) is 4.98 Å². The second-order valence-corrected chi connectivity index (χ2v) is 10.3. The van der Waals surface area contributed by atoms with Crippen molar-refractivity contribution in [3.05, 3.63) is 16.3 Å². The van der Waals surface area contributed by atoms with Crippen LogP contribution < -0.4 is 0 Å². The highest BCUT2D eigenvalue weighted by atomic mass is 32.2. The van der Waals surface area contributed by atoms with E-state index >= 15 is 0 Å². The van der Waals surface area contributed by atoms with E-state index in [2.05, 4.69) is 49.2 Å². The summed E-state index contributed by atoms with van der Waals surface area (Å²) in [5.41, 5.74) is 2.08. The number of piperidine rings is 1. The first kappa shape index (κ1) is 19.6. The monoisotopic (exact) mass is 417 g/mol. The van der Waals surface area contributed by atoms with Crippen LogP contribution in [0.4, 0.5) is 0 Å². The number of thiophene rings is 1. The second-order valence-electron chi connectivity index (χ2n) is 8.11. The average Bonchev–Trinajstić information content (AvgIpc) is 3.20. The van der Waals surface area contributed by atoms with Crippen LogP contribution in [0.3, 0.4) is 0 Å². The number of hydrogen-bond acceptors (Lipinski definition) is 6. The first-order valence-electron chi connectivity index (χ1n) is 9.92. The number of nitrogens with zero attached hydrogens (tertiary/aromatic N) is 5. The molecule has 0 N–H and O–H groups in total. The molecule has 0 radical (unpaired) electrons. The number of aromatic nitrogens is 4. The lowest BCUT2D eigenvalue weighted by molar-refractivity contribution is -0.130. The largest absolute Gasteiger partial charge is 0.342 e. The van der Waals surface area contributed by atoms with Gasteiger partial charge >= 0.3 is 0 Å². The Morgan fingerprint density at radius 2 is 2.11 bits per heavy atom. The van der Waals surface area contributed by atoms with E-state index in [1.54, 1.807) is 11.3 Å². The van der Waals surface area contributed by atoms with Gasteiger partial charge in [0.05, 0.1) is 11.1 Å². The van der Waals surface area contributed by atoms with E-state index in [0.29, 0.717) is 11.7 Å². The molecule has 8 heteroatoms. The van der Waals surface area contributed by atoms with Gasteiger partial charge in [-0.1, -0.05) is 32.5 Å². The van der Waals surface area contributed by atoms with Crippen LogP contribution in [-0.4, -0.2) is 49.2 Å². The minimum atomic E-state index is 0.191. The molecule has 6 nitrogen and oxygen atoms in total. The summed E-state index contributed by atoms with van der Waals surface area (Å²) in [6, 6.07) is 0. The Morgan fingerprint density at radius 1 is 1.32 bits per heavy atom. The summed E-state index contributed by atoms with van der Waals surface area (Å²) in [4.78, 5) is 21.9. The molecule has 1 aliphatic rings. The van der Waals surface area contributed by atoms with Gasteiger partial charge in [-0.2, -0.15) is 0 Å². The summed E-state index contributed by atoms with van der Waals surface area (Å²) in [7, 11) is 0. The molecular weight excluding hydrogens is 390 g/mol. The van der Waals surface area contributed by atoms with Crippen LogP contribution in [0.2, 0.25) is 0 Å². The Kier molecular flexibility index (Phi) is 5.35. The zero-order valence-electron chi connectivity index (χ0n) is 17.2. The highest BCUT2D eigenvalue weighted by Crippen LogP contribution is 2.34. The van der Waals surface area contributed by atoms with Gasteiger partial charge < -0.3 is 4.90 Å². The fourth-order valence-electron chi connectivity index (χ4n) is 3.86. The van der Waals surface area contributed by atoms with Gasteiger partial charge in [-0.05, 0) is 38.2 Å². The van der Waals surface area contributed by atoms with Gasteiger partial charge in [-0.3, -0.25) is 9.20 Å². The summed E-state index contributed by atoms with van der Waals surface area (Å²) in [6.07, 6.45) is 2.31. The van der Waals surface area contributed by atoms with Crippen LogP contribution in [0.15, 0.2) is 5.16 Å². The first-order valence-corrected chi connectivity index (χ1v) is 11.7.